The first-order valence-corrected chi connectivity index (χ1v) is 13.9. The second-order valence-corrected chi connectivity index (χ2v) is 11.1. The minimum absolute atomic E-state index is 0.0871. The number of aromatic amines is 1. The van der Waals surface area contributed by atoms with Crippen molar-refractivity contribution in [1.29, 1.82) is 0 Å². The third-order valence-electron chi connectivity index (χ3n) is 8.01. The molecule has 45 heavy (non-hydrogen) atoms. The zero-order valence-corrected chi connectivity index (χ0v) is 23.6. The molecule has 5 N–H and O–H groups in total. The molecule has 5 aromatic rings. The molecule has 1 unspecified atom stereocenters. The SMILES string of the molecule is Nc1n[nH]c2ccc(-c3cc(NC(=O)c4cc(F)cc(C(F)(F)F)c4)c4c5c3CCN5C(=O)NC4c3cc(F)ccc3Cl)cc12. The van der Waals surface area contributed by atoms with Crippen LogP contribution in [0.3, 0.4) is 0 Å². The van der Waals surface area contributed by atoms with Crippen LogP contribution in [-0.2, 0) is 12.6 Å². The fraction of sp³-hybridized carbons (Fsp3) is 0.129. The number of aromatic nitrogens is 2. The maximum absolute atomic E-state index is 14.5. The van der Waals surface area contributed by atoms with Crippen LogP contribution < -0.4 is 21.3 Å². The van der Waals surface area contributed by atoms with E-state index in [9.17, 15) is 31.5 Å². The number of hydrogen-bond donors (Lipinski definition) is 4. The lowest BCUT2D eigenvalue weighted by Crippen LogP contribution is -2.46. The lowest BCUT2D eigenvalue weighted by atomic mass is 9.87. The molecule has 7 rings (SSSR count). The van der Waals surface area contributed by atoms with Crippen molar-refractivity contribution < 1.29 is 31.5 Å². The number of hydrogen-bond acceptors (Lipinski definition) is 4. The van der Waals surface area contributed by atoms with Crippen LogP contribution in [0.2, 0.25) is 5.02 Å². The fourth-order valence-electron chi connectivity index (χ4n) is 6.00. The van der Waals surface area contributed by atoms with Crippen molar-refractivity contribution in [3.05, 3.63) is 105 Å². The Bertz CT molecular complexity index is 2080. The highest BCUT2D eigenvalue weighted by Gasteiger charge is 2.41. The number of alkyl halides is 3. The topological polar surface area (TPSA) is 116 Å². The van der Waals surface area contributed by atoms with Crippen molar-refractivity contribution in [3.8, 4) is 11.1 Å². The van der Waals surface area contributed by atoms with Gasteiger partial charge in [0.2, 0.25) is 0 Å². The Morgan fingerprint density at radius 2 is 1.84 bits per heavy atom. The first-order chi connectivity index (χ1) is 21.4. The van der Waals surface area contributed by atoms with Crippen molar-refractivity contribution >= 4 is 51.6 Å². The van der Waals surface area contributed by atoms with E-state index in [0.29, 0.717) is 57.9 Å². The number of fused-ring (bicyclic) bond motifs is 1. The van der Waals surface area contributed by atoms with Gasteiger partial charge in [-0.2, -0.15) is 18.3 Å². The molecule has 0 spiro atoms. The number of urea groups is 1. The Labute approximate surface area is 256 Å². The highest BCUT2D eigenvalue weighted by Crippen LogP contribution is 2.50. The van der Waals surface area contributed by atoms with E-state index in [0.717, 1.165) is 17.7 Å². The molecule has 1 aromatic heterocycles. The van der Waals surface area contributed by atoms with Crippen LogP contribution >= 0.6 is 11.6 Å². The minimum atomic E-state index is -4.90. The van der Waals surface area contributed by atoms with Crippen LogP contribution in [0, 0.1) is 11.6 Å². The number of carbonyl (C=O) groups is 2. The number of amides is 3. The molecule has 0 saturated heterocycles. The van der Waals surface area contributed by atoms with E-state index in [1.807, 2.05) is 0 Å². The molecule has 0 aliphatic carbocycles. The molecular weight excluding hydrogens is 619 g/mol. The van der Waals surface area contributed by atoms with Gasteiger partial charge in [-0.15, -0.1) is 0 Å². The van der Waals surface area contributed by atoms with Crippen molar-refractivity contribution in [3.63, 3.8) is 0 Å². The summed E-state index contributed by atoms with van der Waals surface area (Å²) in [4.78, 5) is 28.4. The predicted molar refractivity (Wildman–Crippen MR) is 158 cm³/mol. The van der Waals surface area contributed by atoms with E-state index in [1.165, 1.54) is 11.0 Å². The summed E-state index contributed by atoms with van der Waals surface area (Å²) < 4.78 is 69.1. The number of H-pyrrole nitrogens is 1. The summed E-state index contributed by atoms with van der Waals surface area (Å²) in [7, 11) is 0. The van der Waals surface area contributed by atoms with Gasteiger partial charge in [0.25, 0.3) is 5.91 Å². The molecule has 228 valence electrons. The Balaban J connectivity index is 1.46. The molecule has 3 amide bonds. The zero-order chi connectivity index (χ0) is 31.8. The Kier molecular flexibility index (Phi) is 6.48. The van der Waals surface area contributed by atoms with Gasteiger partial charge in [0.15, 0.2) is 5.82 Å². The van der Waals surface area contributed by atoms with Gasteiger partial charge in [-0.05, 0) is 77.7 Å². The number of rotatable bonds is 4. The molecule has 4 aromatic carbocycles. The van der Waals surface area contributed by atoms with Crippen LogP contribution in [0.25, 0.3) is 22.0 Å². The summed E-state index contributed by atoms with van der Waals surface area (Å²) in [6, 6.07) is 10.6. The minimum Gasteiger partial charge on any atom is -0.382 e. The number of benzene rings is 4. The highest BCUT2D eigenvalue weighted by molar-refractivity contribution is 6.31. The molecule has 2 aliphatic heterocycles. The van der Waals surface area contributed by atoms with Crippen LogP contribution in [0.1, 0.15) is 38.7 Å². The van der Waals surface area contributed by atoms with Gasteiger partial charge in [-0.25, -0.2) is 13.6 Å². The van der Waals surface area contributed by atoms with Crippen LogP contribution in [0.5, 0.6) is 0 Å². The van der Waals surface area contributed by atoms with Crippen LogP contribution in [0.15, 0.2) is 60.7 Å². The van der Waals surface area contributed by atoms with Crippen LogP contribution in [0.4, 0.5) is 43.9 Å². The number of nitrogens with zero attached hydrogens (tertiary/aromatic N) is 2. The second-order valence-electron chi connectivity index (χ2n) is 10.7. The average Bonchev–Trinajstić information content (AvgIpc) is 3.60. The molecule has 0 saturated carbocycles. The number of nitrogens with two attached hydrogens (primary N) is 1. The number of nitrogen functional groups attached to an aromatic ring is 1. The maximum atomic E-state index is 14.5. The summed E-state index contributed by atoms with van der Waals surface area (Å²) >= 11 is 6.47. The van der Waals surface area contributed by atoms with Gasteiger partial charge in [0.1, 0.15) is 11.6 Å². The molecule has 2 aliphatic rings. The predicted octanol–water partition coefficient (Wildman–Crippen LogP) is 7.19. The molecule has 0 radical (unpaired) electrons. The van der Waals surface area contributed by atoms with E-state index in [2.05, 4.69) is 20.8 Å². The van der Waals surface area contributed by atoms with Crippen LogP contribution in [-0.4, -0.2) is 28.7 Å². The summed E-state index contributed by atoms with van der Waals surface area (Å²) in [6.07, 6.45) is -4.48. The van der Waals surface area contributed by atoms with Crippen molar-refractivity contribution in [2.75, 3.05) is 22.5 Å². The second kappa shape index (κ2) is 10.2. The smallest absolute Gasteiger partial charge is 0.382 e. The Morgan fingerprint density at radius 3 is 2.62 bits per heavy atom. The quantitative estimate of drug-likeness (QED) is 0.156. The fourth-order valence-corrected chi connectivity index (χ4v) is 6.23. The van der Waals surface area contributed by atoms with Crippen molar-refractivity contribution in [2.24, 2.45) is 0 Å². The summed E-state index contributed by atoms with van der Waals surface area (Å²) in [6.45, 7) is 0.275. The third kappa shape index (κ3) is 4.79. The number of anilines is 3. The number of nitrogens with one attached hydrogen (secondary N) is 3. The van der Waals surface area contributed by atoms with E-state index < -0.39 is 46.9 Å². The summed E-state index contributed by atoms with van der Waals surface area (Å²) in [5.74, 6) is -2.67. The van der Waals surface area contributed by atoms with Gasteiger partial charge in [-0.1, -0.05) is 17.7 Å². The van der Waals surface area contributed by atoms with E-state index >= 15 is 0 Å². The van der Waals surface area contributed by atoms with Crippen molar-refractivity contribution in [1.82, 2.24) is 15.5 Å². The van der Waals surface area contributed by atoms with E-state index in [1.54, 1.807) is 24.3 Å². The highest BCUT2D eigenvalue weighted by atomic mass is 35.5. The largest absolute Gasteiger partial charge is 0.416 e. The molecule has 8 nitrogen and oxygen atoms in total. The number of carbonyl (C=O) groups excluding carboxylic acids is 2. The summed E-state index contributed by atoms with van der Waals surface area (Å²) in [5, 5.41) is 13.1. The van der Waals surface area contributed by atoms with E-state index in [4.69, 9.17) is 17.3 Å². The first kappa shape index (κ1) is 28.6. The van der Waals surface area contributed by atoms with Gasteiger partial charge in [-0.3, -0.25) is 14.8 Å². The molecule has 0 fully saturated rings. The van der Waals surface area contributed by atoms with Gasteiger partial charge < -0.3 is 16.4 Å². The zero-order valence-electron chi connectivity index (χ0n) is 22.8. The Hall–Kier alpha value is -5.17. The van der Waals surface area contributed by atoms with E-state index in [-0.39, 0.29) is 28.6 Å². The molecule has 3 heterocycles. The average molecular weight is 639 g/mol. The first-order valence-electron chi connectivity index (χ1n) is 13.5. The monoisotopic (exact) mass is 638 g/mol. The molecule has 0 bridgehead atoms. The molecule has 14 heteroatoms. The lowest BCUT2D eigenvalue weighted by Gasteiger charge is -2.35. The lowest BCUT2D eigenvalue weighted by molar-refractivity contribution is -0.137. The standard InChI is InChI=1S/C31H20ClF5N6O2/c32-22-3-2-16(33)11-20(22)26-25-24(39-29(44)14-7-15(31(35,36)37)10-17(34)8-14)12-19(18-5-6-43(27(18)25)30(45)40-26)13-1-4-23-21(9-13)28(38)42-41-23/h1-4,7-12,26H,5-6H2,(H,39,44)(H,40,45)(H3,38,41,42). The maximum Gasteiger partial charge on any atom is 0.416 e. The normalized spacial score (nSPS) is 15.7. The molecular formula is C31H20ClF5N6O2. The number of halogens is 6. The summed E-state index contributed by atoms with van der Waals surface area (Å²) in [5.41, 5.74) is 7.84. The Morgan fingerprint density at radius 1 is 1.04 bits per heavy atom. The van der Waals surface area contributed by atoms with Gasteiger partial charge >= 0.3 is 12.2 Å². The molecule has 1 atom stereocenters. The third-order valence-corrected chi connectivity index (χ3v) is 8.35. The van der Waals surface area contributed by atoms with Gasteiger partial charge in [0, 0.05) is 39.3 Å². The van der Waals surface area contributed by atoms with Gasteiger partial charge in [0.05, 0.1) is 22.8 Å². The van der Waals surface area contributed by atoms with Crippen molar-refractivity contribution in [2.45, 2.75) is 18.6 Å².